The lowest BCUT2D eigenvalue weighted by molar-refractivity contribution is -0.385. The Labute approximate surface area is 79.7 Å². The maximum Gasteiger partial charge on any atom is 0.276 e. The molecule has 70 valence electrons. The van der Waals surface area contributed by atoms with E-state index in [0.29, 0.717) is 5.56 Å². The van der Waals surface area contributed by atoms with Crippen molar-refractivity contribution in [1.82, 2.24) is 0 Å². The number of para-hydroxylation sites is 1. The maximum atomic E-state index is 10.7. The molecule has 5 heteroatoms. The van der Waals surface area contributed by atoms with Gasteiger partial charge in [-0.25, -0.2) is 0 Å². The Bertz CT molecular complexity index is 432. The molecule has 0 N–H and O–H groups in total. The predicted molar refractivity (Wildman–Crippen MR) is 46.3 cm³/mol. The molecule has 1 unspecified atom stereocenters. The summed E-state index contributed by atoms with van der Waals surface area (Å²) < 4.78 is 4.96. The number of nitriles is 1. The van der Waals surface area contributed by atoms with Crippen LogP contribution in [0.4, 0.5) is 5.69 Å². The highest BCUT2D eigenvalue weighted by Gasteiger charge is 2.51. The van der Waals surface area contributed by atoms with Crippen molar-refractivity contribution in [2.24, 2.45) is 0 Å². The molecule has 1 aromatic carbocycles. The van der Waals surface area contributed by atoms with Crippen LogP contribution in [-0.2, 0) is 10.3 Å². The Morgan fingerprint density at radius 2 is 2.21 bits per heavy atom. The lowest BCUT2D eigenvalue weighted by Gasteiger charge is -2.02. The molecule has 0 bridgehead atoms. The number of benzene rings is 1. The molecular weight excluding hydrogens is 184 g/mol. The highest BCUT2D eigenvalue weighted by molar-refractivity contribution is 5.49. The zero-order chi connectivity index (χ0) is 10.2. The number of epoxide rings is 1. The first-order valence-corrected chi connectivity index (χ1v) is 3.99. The van der Waals surface area contributed by atoms with Gasteiger partial charge in [-0.2, -0.15) is 5.26 Å². The van der Waals surface area contributed by atoms with Gasteiger partial charge in [-0.3, -0.25) is 10.1 Å². The summed E-state index contributed by atoms with van der Waals surface area (Å²) in [5.41, 5.74) is -0.803. The fraction of sp³-hybridized carbons (Fsp3) is 0.222. The monoisotopic (exact) mass is 190 g/mol. The molecule has 0 spiro atoms. The molecular formula is C9H6N2O3. The largest absolute Gasteiger partial charge is 0.349 e. The van der Waals surface area contributed by atoms with E-state index in [2.05, 4.69) is 0 Å². The van der Waals surface area contributed by atoms with Crippen LogP contribution in [0.5, 0.6) is 0 Å². The third kappa shape index (κ3) is 1.13. The SMILES string of the molecule is N#CC1(c2ccccc2[N+](=O)[O-])CO1. The summed E-state index contributed by atoms with van der Waals surface area (Å²) >= 11 is 0. The van der Waals surface area contributed by atoms with Crippen LogP contribution in [-0.4, -0.2) is 11.5 Å². The number of nitro groups is 1. The molecule has 1 aromatic rings. The Kier molecular flexibility index (Phi) is 1.72. The second-order valence-electron chi connectivity index (χ2n) is 3.00. The molecule has 0 amide bonds. The van der Waals surface area contributed by atoms with Gasteiger partial charge in [-0.15, -0.1) is 0 Å². The molecule has 1 fully saturated rings. The molecule has 0 aromatic heterocycles. The Balaban J connectivity index is 2.54. The molecule has 1 heterocycles. The van der Waals surface area contributed by atoms with Crippen molar-refractivity contribution in [1.29, 1.82) is 5.26 Å². The zero-order valence-corrected chi connectivity index (χ0v) is 7.14. The van der Waals surface area contributed by atoms with E-state index in [1.54, 1.807) is 18.2 Å². The summed E-state index contributed by atoms with van der Waals surface area (Å²) in [6.07, 6.45) is 0. The van der Waals surface area contributed by atoms with Crippen LogP contribution in [0.2, 0.25) is 0 Å². The summed E-state index contributed by atoms with van der Waals surface area (Å²) in [6.45, 7) is 0.231. The van der Waals surface area contributed by atoms with Crippen LogP contribution >= 0.6 is 0 Å². The van der Waals surface area contributed by atoms with Gasteiger partial charge in [0.05, 0.1) is 17.1 Å². The quantitative estimate of drug-likeness (QED) is 0.400. The second kappa shape index (κ2) is 2.79. The van der Waals surface area contributed by atoms with E-state index in [4.69, 9.17) is 10.00 Å². The molecule has 1 aliphatic rings. The van der Waals surface area contributed by atoms with Gasteiger partial charge in [0, 0.05) is 6.07 Å². The van der Waals surface area contributed by atoms with Crippen LogP contribution in [0, 0.1) is 21.4 Å². The van der Waals surface area contributed by atoms with Gasteiger partial charge < -0.3 is 4.74 Å². The fourth-order valence-corrected chi connectivity index (χ4v) is 1.33. The fourth-order valence-electron chi connectivity index (χ4n) is 1.33. The molecule has 1 atom stereocenters. The van der Waals surface area contributed by atoms with E-state index >= 15 is 0 Å². The van der Waals surface area contributed by atoms with Crippen LogP contribution in [0.3, 0.4) is 0 Å². The first kappa shape index (κ1) is 8.66. The summed E-state index contributed by atoms with van der Waals surface area (Å²) in [5.74, 6) is 0. The second-order valence-corrected chi connectivity index (χ2v) is 3.00. The normalized spacial score (nSPS) is 23.9. The highest BCUT2D eigenvalue weighted by Crippen LogP contribution is 2.42. The zero-order valence-electron chi connectivity index (χ0n) is 7.14. The van der Waals surface area contributed by atoms with Crippen molar-refractivity contribution in [2.45, 2.75) is 5.60 Å². The topological polar surface area (TPSA) is 79.5 Å². The van der Waals surface area contributed by atoms with Crippen LogP contribution in [0.25, 0.3) is 0 Å². The van der Waals surface area contributed by atoms with Gasteiger partial charge in [0.2, 0.25) is 5.60 Å². The average Bonchev–Trinajstić information content (AvgIpc) is 2.98. The molecule has 1 saturated heterocycles. The molecule has 1 aliphatic heterocycles. The Morgan fingerprint density at radius 1 is 1.57 bits per heavy atom. The smallest absolute Gasteiger partial charge is 0.276 e. The van der Waals surface area contributed by atoms with Crippen LogP contribution < -0.4 is 0 Å². The number of rotatable bonds is 2. The van der Waals surface area contributed by atoms with Crippen molar-refractivity contribution in [3.63, 3.8) is 0 Å². The van der Waals surface area contributed by atoms with Gasteiger partial charge >= 0.3 is 0 Å². The minimum absolute atomic E-state index is 0.0634. The number of nitro benzene ring substituents is 1. The van der Waals surface area contributed by atoms with Crippen molar-refractivity contribution < 1.29 is 9.66 Å². The first-order chi connectivity index (χ1) is 6.69. The van der Waals surface area contributed by atoms with E-state index in [1.807, 2.05) is 6.07 Å². The lowest BCUT2D eigenvalue weighted by atomic mass is 10.00. The van der Waals surface area contributed by atoms with E-state index < -0.39 is 10.5 Å². The summed E-state index contributed by atoms with van der Waals surface area (Å²) in [6, 6.07) is 8.08. The Morgan fingerprint density at radius 3 is 2.71 bits per heavy atom. The first-order valence-electron chi connectivity index (χ1n) is 3.99. The van der Waals surface area contributed by atoms with Crippen molar-refractivity contribution in [3.8, 4) is 6.07 Å². The standard InChI is InChI=1S/C9H6N2O3/c10-5-9(6-14-9)7-3-1-2-4-8(7)11(12)13/h1-4H,6H2. The summed E-state index contributed by atoms with van der Waals surface area (Å²) in [5, 5.41) is 19.5. The van der Waals surface area contributed by atoms with Crippen LogP contribution in [0.15, 0.2) is 24.3 Å². The van der Waals surface area contributed by atoms with Gasteiger partial charge in [-0.1, -0.05) is 12.1 Å². The third-order valence-electron chi connectivity index (χ3n) is 2.15. The molecule has 0 saturated carbocycles. The van der Waals surface area contributed by atoms with E-state index in [1.165, 1.54) is 6.07 Å². The predicted octanol–water partition coefficient (Wildman–Crippen LogP) is 1.34. The highest BCUT2D eigenvalue weighted by atomic mass is 16.6. The number of ether oxygens (including phenoxy) is 1. The molecule has 14 heavy (non-hydrogen) atoms. The van der Waals surface area contributed by atoms with Crippen molar-refractivity contribution in [2.75, 3.05) is 6.61 Å². The van der Waals surface area contributed by atoms with Gasteiger partial charge in [0.1, 0.15) is 6.07 Å². The summed E-state index contributed by atoms with van der Waals surface area (Å²) in [7, 11) is 0. The number of hydrogen-bond acceptors (Lipinski definition) is 4. The maximum absolute atomic E-state index is 10.7. The van der Waals surface area contributed by atoms with Crippen LogP contribution in [0.1, 0.15) is 5.56 Å². The Hall–Kier alpha value is -1.93. The van der Waals surface area contributed by atoms with Crippen molar-refractivity contribution >= 4 is 5.69 Å². The van der Waals surface area contributed by atoms with E-state index in [-0.39, 0.29) is 12.3 Å². The molecule has 2 rings (SSSR count). The lowest BCUT2D eigenvalue weighted by Crippen LogP contribution is -2.08. The minimum Gasteiger partial charge on any atom is -0.349 e. The third-order valence-corrected chi connectivity index (χ3v) is 2.15. The van der Waals surface area contributed by atoms with E-state index in [0.717, 1.165) is 0 Å². The van der Waals surface area contributed by atoms with Crippen molar-refractivity contribution in [3.05, 3.63) is 39.9 Å². The average molecular weight is 190 g/mol. The molecule has 0 aliphatic carbocycles. The molecule has 0 radical (unpaired) electrons. The van der Waals surface area contributed by atoms with Gasteiger partial charge in [-0.05, 0) is 6.07 Å². The number of nitrogens with zero attached hydrogens (tertiary/aromatic N) is 2. The van der Waals surface area contributed by atoms with Gasteiger partial charge in [0.25, 0.3) is 5.69 Å². The summed E-state index contributed by atoms with van der Waals surface area (Å²) in [4.78, 5) is 10.1. The minimum atomic E-state index is -1.08. The number of hydrogen-bond donors (Lipinski definition) is 0. The molecule has 5 nitrogen and oxygen atoms in total. The van der Waals surface area contributed by atoms with E-state index in [9.17, 15) is 10.1 Å². The van der Waals surface area contributed by atoms with Gasteiger partial charge in [0.15, 0.2) is 0 Å².